The Bertz CT molecular complexity index is 822. The molecule has 1 fully saturated rings. The maximum Gasteiger partial charge on any atom is 0.270 e. The van der Waals surface area contributed by atoms with Crippen LogP contribution in [-0.4, -0.2) is 17.4 Å². The van der Waals surface area contributed by atoms with Crippen LogP contribution in [0, 0.1) is 19.8 Å². The van der Waals surface area contributed by atoms with Crippen LogP contribution in [0.5, 0.6) is 0 Å². The molecule has 1 aromatic heterocycles. The Morgan fingerprint density at radius 2 is 2.00 bits per heavy atom. The van der Waals surface area contributed by atoms with Gasteiger partial charge < -0.3 is 26.9 Å². The number of carbonyl (C=O) groups is 1. The van der Waals surface area contributed by atoms with Gasteiger partial charge in [0.15, 0.2) is 0 Å². The molecule has 3 rings (SSSR count). The molecular weight excluding hydrogens is 366 g/mol. The van der Waals surface area contributed by atoms with Crippen molar-refractivity contribution in [3.63, 3.8) is 0 Å². The first-order chi connectivity index (χ1) is 14.1. The lowest BCUT2D eigenvalue weighted by molar-refractivity contribution is -0.117. The molecule has 156 valence electrons. The van der Waals surface area contributed by atoms with Gasteiger partial charge >= 0.3 is 0 Å². The Labute approximate surface area is 172 Å². The van der Waals surface area contributed by atoms with Gasteiger partial charge in [-0.15, -0.1) is 0 Å². The standard InChI is InChI=1S/C21H31N7O/c1-14-8-10-18(15(2)25-14)23-13-20(26-22)21(29)24-12-17-9-11-19(28-27-17)16-6-4-3-5-7-16/h8-11,13,16,23,26-28H,3-7,12,22H2,1-2H3,(H,24,29)/b20-13-. The zero-order chi connectivity index (χ0) is 20.6. The Morgan fingerprint density at radius 1 is 1.21 bits per heavy atom. The number of aromatic nitrogens is 1. The summed E-state index contributed by atoms with van der Waals surface area (Å²) in [6, 6.07) is 3.82. The number of amides is 1. The number of nitrogens with zero attached hydrogens (tertiary/aromatic N) is 1. The second kappa shape index (κ2) is 9.97. The number of hydrogen-bond donors (Lipinski definition) is 6. The Balaban J connectivity index is 1.53. The van der Waals surface area contributed by atoms with Gasteiger partial charge in [0, 0.05) is 23.5 Å². The second-order valence-electron chi connectivity index (χ2n) is 7.51. The highest BCUT2D eigenvalue weighted by Crippen LogP contribution is 2.28. The predicted octanol–water partition coefficient (Wildman–Crippen LogP) is 1.99. The van der Waals surface area contributed by atoms with E-state index in [4.69, 9.17) is 5.84 Å². The third kappa shape index (κ3) is 5.74. The lowest BCUT2D eigenvalue weighted by atomic mass is 9.86. The molecule has 8 heteroatoms. The van der Waals surface area contributed by atoms with E-state index in [0.717, 1.165) is 22.8 Å². The molecule has 0 unspecified atom stereocenters. The Morgan fingerprint density at radius 3 is 2.66 bits per heavy atom. The maximum atomic E-state index is 12.4. The molecule has 0 saturated heterocycles. The van der Waals surface area contributed by atoms with Crippen LogP contribution in [-0.2, 0) is 4.79 Å². The second-order valence-corrected chi connectivity index (χ2v) is 7.51. The monoisotopic (exact) mass is 397 g/mol. The van der Waals surface area contributed by atoms with Crippen molar-refractivity contribution in [2.24, 2.45) is 11.8 Å². The van der Waals surface area contributed by atoms with Crippen LogP contribution in [0.1, 0.15) is 43.5 Å². The van der Waals surface area contributed by atoms with Crippen molar-refractivity contribution in [3.8, 4) is 0 Å². The lowest BCUT2D eigenvalue weighted by Gasteiger charge is -2.28. The van der Waals surface area contributed by atoms with Gasteiger partial charge in [-0.3, -0.25) is 15.6 Å². The van der Waals surface area contributed by atoms with Crippen LogP contribution in [0.2, 0.25) is 0 Å². The third-order valence-electron chi connectivity index (χ3n) is 5.31. The van der Waals surface area contributed by atoms with E-state index in [0.29, 0.717) is 12.5 Å². The molecule has 7 N–H and O–H groups in total. The smallest absolute Gasteiger partial charge is 0.270 e. The fraction of sp³-hybridized carbons (Fsp3) is 0.429. The van der Waals surface area contributed by atoms with Crippen LogP contribution in [0.15, 0.2) is 47.6 Å². The van der Waals surface area contributed by atoms with Crippen LogP contribution in [0.25, 0.3) is 0 Å². The molecule has 0 bridgehead atoms. The maximum absolute atomic E-state index is 12.4. The van der Waals surface area contributed by atoms with Gasteiger partial charge in [-0.05, 0) is 51.0 Å². The van der Waals surface area contributed by atoms with Crippen LogP contribution in [0.3, 0.4) is 0 Å². The predicted molar refractivity (Wildman–Crippen MR) is 115 cm³/mol. The zero-order valence-corrected chi connectivity index (χ0v) is 17.1. The number of nitrogens with one attached hydrogen (secondary N) is 5. The van der Waals surface area contributed by atoms with Crippen molar-refractivity contribution in [1.82, 2.24) is 26.6 Å². The number of hydrogen-bond acceptors (Lipinski definition) is 7. The molecule has 1 aliphatic carbocycles. The van der Waals surface area contributed by atoms with E-state index < -0.39 is 0 Å². The van der Waals surface area contributed by atoms with E-state index in [1.807, 2.05) is 32.1 Å². The van der Waals surface area contributed by atoms with Crippen molar-refractivity contribution in [2.75, 3.05) is 11.9 Å². The lowest BCUT2D eigenvalue weighted by Crippen LogP contribution is -2.42. The molecule has 0 aromatic carbocycles. The van der Waals surface area contributed by atoms with Crippen LogP contribution < -0.4 is 32.8 Å². The van der Waals surface area contributed by atoms with Gasteiger partial charge in [0.2, 0.25) is 0 Å². The summed E-state index contributed by atoms with van der Waals surface area (Å²) in [5.41, 5.74) is 13.9. The molecule has 0 spiro atoms. The molecule has 1 saturated carbocycles. The normalized spacial score (nSPS) is 17.4. The topological polar surface area (TPSA) is 116 Å². The summed E-state index contributed by atoms with van der Waals surface area (Å²) < 4.78 is 0. The molecule has 1 amide bonds. The van der Waals surface area contributed by atoms with E-state index in [1.54, 1.807) is 0 Å². The largest absolute Gasteiger partial charge is 0.358 e. The molecule has 2 heterocycles. The minimum atomic E-state index is -0.303. The van der Waals surface area contributed by atoms with E-state index in [1.165, 1.54) is 44.0 Å². The average molecular weight is 398 g/mol. The highest BCUT2D eigenvalue weighted by Gasteiger charge is 2.19. The molecule has 29 heavy (non-hydrogen) atoms. The first-order valence-electron chi connectivity index (χ1n) is 10.2. The van der Waals surface area contributed by atoms with Crippen LogP contribution in [0.4, 0.5) is 5.69 Å². The average Bonchev–Trinajstić information content (AvgIpc) is 2.75. The van der Waals surface area contributed by atoms with Crippen LogP contribution >= 0.6 is 0 Å². The van der Waals surface area contributed by atoms with Gasteiger partial charge in [0.1, 0.15) is 5.70 Å². The summed E-state index contributed by atoms with van der Waals surface area (Å²) in [5, 5.41) is 5.92. The molecule has 0 radical (unpaired) electrons. The van der Waals surface area contributed by atoms with E-state index in [9.17, 15) is 4.79 Å². The van der Waals surface area contributed by atoms with Gasteiger partial charge in [-0.25, -0.2) is 0 Å². The fourth-order valence-electron chi connectivity index (χ4n) is 3.61. The summed E-state index contributed by atoms with van der Waals surface area (Å²) in [4.78, 5) is 16.8. The number of pyridine rings is 1. The molecular formula is C21H31N7O. The number of rotatable bonds is 7. The SMILES string of the molecule is Cc1ccc(N/C=C(\NN)C(=O)NCC2=CC=C(C3CCCCC3)NN2)c(C)n1. The third-order valence-corrected chi connectivity index (χ3v) is 5.31. The Kier molecular flexibility index (Phi) is 7.13. The highest BCUT2D eigenvalue weighted by atomic mass is 16.2. The molecule has 8 nitrogen and oxygen atoms in total. The van der Waals surface area contributed by atoms with Crippen molar-refractivity contribution in [3.05, 3.63) is 59.0 Å². The summed E-state index contributed by atoms with van der Waals surface area (Å²) in [7, 11) is 0. The van der Waals surface area contributed by atoms with Gasteiger partial charge in [-0.1, -0.05) is 19.3 Å². The molecule has 0 atom stereocenters. The van der Waals surface area contributed by atoms with E-state index in [-0.39, 0.29) is 11.6 Å². The molecule has 1 aliphatic heterocycles. The number of aryl methyl sites for hydroxylation is 2. The first kappa shape index (κ1) is 20.7. The highest BCUT2D eigenvalue weighted by molar-refractivity contribution is 5.93. The van der Waals surface area contributed by atoms with E-state index >= 15 is 0 Å². The number of anilines is 1. The number of allylic oxidation sites excluding steroid dienone is 3. The number of nitrogens with two attached hydrogens (primary N) is 1. The van der Waals surface area contributed by atoms with Gasteiger partial charge in [-0.2, -0.15) is 0 Å². The minimum absolute atomic E-state index is 0.229. The Hall–Kier alpha value is -3.00. The summed E-state index contributed by atoms with van der Waals surface area (Å²) >= 11 is 0. The molecule has 2 aliphatic rings. The fourth-order valence-corrected chi connectivity index (χ4v) is 3.61. The van der Waals surface area contributed by atoms with Gasteiger partial charge in [0.05, 0.1) is 23.6 Å². The molecule has 1 aromatic rings. The van der Waals surface area contributed by atoms with Crippen molar-refractivity contribution < 1.29 is 4.79 Å². The summed E-state index contributed by atoms with van der Waals surface area (Å²) in [6.07, 6.45) is 12.1. The van der Waals surface area contributed by atoms with E-state index in [2.05, 4.69) is 38.0 Å². The first-order valence-corrected chi connectivity index (χ1v) is 10.2. The van der Waals surface area contributed by atoms with Crippen molar-refractivity contribution >= 4 is 11.6 Å². The summed E-state index contributed by atoms with van der Waals surface area (Å²) in [6.45, 7) is 4.20. The number of hydrazine groups is 2. The van der Waals surface area contributed by atoms with Crippen molar-refractivity contribution in [2.45, 2.75) is 46.0 Å². The zero-order valence-electron chi connectivity index (χ0n) is 17.1. The quantitative estimate of drug-likeness (QED) is 0.237. The summed E-state index contributed by atoms with van der Waals surface area (Å²) in [5.74, 6) is 5.82. The minimum Gasteiger partial charge on any atom is -0.358 e. The van der Waals surface area contributed by atoms with Gasteiger partial charge in [0.25, 0.3) is 5.91 Å². The number of carbonyl (C=O) groups excluding carboxylic acids is 1. The van der Waals surface area contributed by atoms with Crippen molar-refractivity contribution in [1.29, 1.82) is 0 Å².